The quantitative estimate of drug-likeness (QED) is 0.776. The highest BCUT2D eigenvalue weighted by Gasteiger charge is 2.09. The second kappa shape index (κ2) is 4.60. The maximum Gasteiger partial charge on any atom is 0.244 e. The van der Waals surface area contributed by atoms with Gasteiger partial charge in [-0.15, -0.1) is 0 Å². The Labute approximate surface area is 89.3 Å². The van der Waals surface area contributed by atoms with E-state index >= 15 is 0 Å². The fourth-order valence-corrected chi connectivity index (χ4v) is 1.53. The van der Waals surface area contributed by atoms with E-state index in [0.717, 1.165) is 12.0 Å². The molecule has 2 heteroatoms. The van der Waals surface area contributed by atoms with Crippen LogP contribution in [0.15, 0.2) is 48.6 Å². The molecule has 0 fully saturated rings. The van der Waals surface area contributed by atoms with Crippen molar-refractivity contribution in [3.8, 4) is 0 Å². The van der Waals surface area contributed by atoms with Gasteiger partial charge in [-0.05, 0) is 18.1 Å². The molecular formula is C13H13NO. The van der Waals surface area contributed by atoms with Crippen molar-refractivity contribution in [1.29, 1.82) is 0 Å². The summed E-state index contributed by atoms with van der Waals surface area (Å²) < 4.78 is 0. The van der Waals surface area contributed by atoms with Crippen LogP contribution in [0.25, 0.3) is 6.08 Å². The summed E-state index contributed by atoms with van der Waals surface area (Å²) in [5.74, 6) is -0.0102. The maximum absolute atomic E-state index is 11.1. The number of carbonyl (C=O) groups excluding carboxylic acids is 1. The molecule has 0 radical (unpaired) electrons. The number of hydrogen-bond donors (Lipinski definition) is 1. The fourth-order valence-electron chi connectivity index (χ4n) is 1.53. The lowest BCUT2D eigenvalue weighted by molar-refractivity contribution is -0.117. The molecule has 76 valence electrons. The summed E-state index contributed by atoms with van der Waals surface area (Å²) in [7, 11) is 0. The van der Waals surface area contributed by atoms with Gasteiger partial charge in [-0.25, -0.2) is 0 Å². The van der Waals surface area contributed by atoms with Crippen LogP contribution in [-0.4, -0.2) is 11.9 Å². The van der Waals surface area contributed by atoms with Gasteiger partial charge in [0.25, 0.3) is 0 Å². The van der Waals surface area contributed by atoms with Crippen molar-refractivity contribution in [2.75, 3.05) is 0 Å². The molecule has 1 heterocycles. The van der Waals surface area contributed by atoms with Crippen LogP contribution in [0.2, 0.25) is 0 Å². The molecule has 0 aromatic heterocycles. The van der Waals surface area contributed by atoms with Gasteiger partial charge in [-0.2, -0.15) is 0 Å². The van der Waals surface area contributed by atoms with Crippen LogP contribution >= 0.6 is 0 Å². The summed E-state index contributed by atoms with van der Waals surface area (Å²) in [6.45, 7) is 0. The molecule has 1 aliphatic heterocycles. The van der Waals surface area contributed by atoms with E-state index in [2.05, 4.69) is 5.32 Å². The lowest BCUT2D eigenvalue weighted by atomic mass is 10.1. The van der Waals surface area contributed by atoms with Gasteiger partial charge in [0, 0.05) is 0 Å². The van der Waals surface area contributed by atoms with Gasteiger partial charge in [0.15, 0.2) is 0 Å². The van der Waals surface area contributed by atoms with Crippen LogP contribution in [0.5, 0.6) is 0 Å². The van der Waals surface area contributed by atoms with E-state index in [1.807, 2.05) is 48.6 Å². The number of amides is 1. The van der Waals surface area contributed by atoms with E-state index < -0.39 is 0 Å². The molecule has 0 saturated heterocycles. The predicted octanol–water partition coefficient (Wildman–Crippen LogP) is 2.14. The van der Waals surface area contributed by atoms with Crippen molar-refractivity contribution in [1.82, 2.24) is 5.32 Å². The minimum Gasteiger partial charge on any atom is -0.346 e. The van der Waals surface area contributed by atoms with Crippen LogP contribution in [-0.2, 0) is 4.79 Å². The smallest absolute Gasteiger partial charge is 0.244 e. The monoisotopic (exact) mass is 199 g/mol. The zero-order valence-corrected chi connectivity index (χ0v) is 8.39. The Hall–Kier alpha value is -1.83. The topological polar surface area (TPSA) is 29.1 Å². The van der Waals surface area contributed by atoms with Crippen molar-refractivity contribution in [2.45, 2.75) is 12.5 Å². The Bertz CT molecular complexity index is 392. The molecule has 1 aromatic carbocycles. The highest BCUT2D eigenvalue weighted by atomic mass is 16.1. The third kappa shape index (κ3) is 2.81. The van der Waals surface area contributed by atoms with E-state index in [1.165, 1.54) is 0 Å². The Morgan fingerprint density at radius 3 is 2.80 bits per heavy atom. The molecule has 1 aromatic rings. The lowest BCUT2D eigenvalue weighted by Crippen LogP contribution is -2.34. The molecule has 0 saturated carbocycles. The largest absolute Gasteiger partial charge is 0.346 e. The third-order valence-corrected chi connectivity index (χ3v) is 2.31. The number of hydrogen-bond acceptors (Lipinski definition) is 1. The van der Waals surface area contributed by atoms with E-state index in [-0.39, 0.29) is 11.9 Å². The summed E-state index contributed by atoms with van der Waals surface area (Å²) in [6, 6.07) is 10.2. The van der Waals surface area contributed by atoms with Crippen LogP contribution < -0.4 is 5.32 Å². The molecule has 1 atom stereocenters. The third-order valence-electron chi connectivity index (χ3n) is 2.31. The van der Waals surface area contributed by atoms with Gasteiger partial charge < -0.3 is 5.32 Å². The van der Waals surface area contributed by atoms with E-state index in [4.69, 9.17) is 0 Å². The maximum atomic E-state index is 11.1. The van der Waals surface area contributed by atoms with Crippen molar-refractivity contribution >= 4 is 12.0 Å². The van der Waals surface area contributed by atoms with Crippen molar-refractivity contribution in [3.63, 3.8) is 0 Å². The van der Waals surface area contributed by atoms with Crippen LogP contribution in [0.3, 0.4) is 0 Å². The minimum atomic E-state index is -0.0102. The number of benzene rings is 1. The average Bonchev–Trinajstić information content (AvgIpc) is 2.28. The molecule has 0 aliphatic carbocycles. The second-order valence-electron chi connectivity index (χ2n) is 3.52. The molecule has 1 N–H and O–H groups in total. The summed E-state index contributed by atoms with van der Waals surface area (Å²) in [5.41, 5.74) is 1.15. The minimum absolute atomic E-state index is 0.0102. The normalized spacial score (nSPS) is 20.5. The fraction of sp³-hybridized carbons (Fsp3) is 0.154. The zero-order valence-electron chi connectivity index (χ0n) is 8.39. The first kappa shape index (κ1) is 9.71. The molecule has 1 aliphatic rings. The molecule has 2 rings (SSSR count). The Morgan fingerprint density at radius 2 is 2.07 bits per heavy atom. The zero-order chi connectivity index (χ0) is 10.5. The van der Waals surface area contributed by atoms with Gasteiger partial charge in [-0.3, -0.25) is 4.79 Å². The highest BCUT2D eigenvalue weighted by molar-refractivity contribution is 5.88. The lowest BCUT2D eigenvalue weighted by Gasteiger charge is -2.15. The molecule has 0 bridgehead atoms. The van der Waals surface area contributed by atoms with Gasteiger partial charge in [0.2, 0.25) is 5.91 Å². The van der Waals surface area contributed by atoms with Crippen LogP contribution in [0.1, 0.15) is 12.0 Å². The van der Waals surface area contributed by atoms with E-state index in [0.29, 0.717) is 0 Å². The van der Waals surface area contributed by atoms with E-state index in [1.54, 1.807) is 6.08 Å². The molecule has 15 heavy (non-hydrogen) atoms. The summed E-state index contributed by atoms with van der Waals surface area (Å²) >= 11 is 0. The van der Waals surface area contributed by atoms with Crippen molar-refractivity contribution in [2.24, 2.45) is 0 Å². The highest BCUT2D eigenvalue weighted by Crippen LogP contribution is 2.06. The van der Waals surface area contributed by atoms with Crippen molar-refractivity contribution in [3.05, 3.63) is 54.1 Å². The first-order valence-corrected chi connectivity index (χ1v) is 5.05. The standard InChI is InChI=1S/C13H13NO/c15-13-8-4-7-12(14-13)10-9-11-5-2-1-3-6-11/h1-6,8-10,12H,7H2,(H,14,15)/b10-9+. The predicted molar refractivity (Wildman–Crippen MR) is 61.2 cm³/mol. The Kier molecular flexibility index (Phi) is 2.98. The molecule has 1 amide bonds. The van der Waals surface area contributed by atoms with Gasteiger partial charge in [0.05, 0.1) is 6.04 Å². The second-order valence-corrected chi connectivity index (χ2v) is 3.52. The average molecular weight is 199 g/mol. The summed E-state index contributed by atoms with van der Waals surface area (Å²) in [5, 5.41) is 2.87. The van der Waals surface area contributed by atoms with Gasteiger partial charge >= 0.3 is 0 Å². The summed E-state index contributed by atoms with van der Waals surface area (Å²) in [6.07, 6.45) is 8.40. The van der Waals surface area contributed by atoms with Crippen LogP contribution in [0, 0.1) is 0 Å². The number of nitrogens with one attached hydrogen (secondary N) is 1. The molecule has 0 spiro atoms. The van der Waals surface area contributed by atoms with Crippen LogP contribution in [0.4, 0.5) is 0 Å². The molecule has 1 unspecified atom stereocenters. The summed E-state index contributed by atoms with van der Waals surface area (Å²) in [4.78, 5) is 11.1. The molecule has 2 nitrogen and oxygen atoms in total. The number of rotatable bonds is 2. The van der Waals surface area contributed by atoms with Gasteiger partial charge in [-0.1, -0.05) is 48.6 Å². The Balaban J connectivity index is 2.00. The first-order valence-electron chi connectivity index (χ1n) is 5.05. The SMILES string of the molecule is O=C1C=CCC(/C=C/c2ccccc2)N1. The van der Waals surface area contributed by atoms with Gasteiger partial charge in [0.1, 0.15) is 0 Å². The Morgan fingerprint density at radius 1 is 1.27 bits per heavy atom. The number of carbonyl (C=O) groups is 1. The molecular weight excluding hydrogens is 186 g/mol. The van der Waals surface area contributed by atoms with E-state index in [9.17, 15) is 4.79 Å². The first-order chi connectivity index (χ1) is 7.34. The van der Waals surface area contributed by atoms with Crippen molar-refractivity contribution < 1.29 is 4.79 Å².